The fourth-order valence-electron chi connectivity index (χ4n) is 0.986. The van der Waals surface area contributed by atoms with Gasteiger partial charge < -0.3 is 15.1 Å². The molecular weight excluding hydrogens is 140 g/mol. The van der Waals surface area contributed by atoms with Crippen LogP contribution in [-0.2, 0) is 0 Å². The minimum atomic E-state index is -0.0139. The van der Waals surface area contributed by atoms with E-state index in [1.807, 2.05) is 31.1 Å². The molecule has 0 aliphatic heterocycles. The molecule has 0 fully saturated rings. The van der Waals surface area contributed by atoms with E-state index in [9.17, 15) is 0 Å². The van der Waals surface area contributed by atoms with Gasteiger partial charge in [0.1, 0.15) is 5.76 Å². The minimum absolute atomic E-state index is 0.0139. The SMILES string of the molecule is CN(C)C[C@H](N)c1ccco1. The molecule has 0 radical (unpaired) electrons. The molecule has 62 valence electrons. The van der Waals surface area contributed by atoms with Gasteiger partial charge in [0.15, 0.2) is 0 Å². The van der Waals surface area contributed by atoms with E-state index in [0.717, 1.165) is 12.3 Å². The number of furan rings is 1. The zero-order valence-corrected chi connectivity index (χ0v) is 6.95. The molecule has 11 heavy (non-hydrogen) atoms. The highest BCUT2D eigenvalue weighted by molar-refractivity contribution is 5.03. The molecule has 2 N–H and O–H groups in total. The molecule has 0 bridgehead atoms. The van der Waals surface area contributed by atoms with E-state index in [1.165, 1.54) is 0 Å². The lowest BCUT2D eigenvalue weighted by molar-refractivity contribution is 0.345. The van der Waals surface area contributed by atoms with Crippen LogP contribution >= 0.6 is 0 Å². The van der Waals surface area contributed by atoms with Gasteiger partial charge in [-0.3, -0.25) is 0 Å². The molecule has 1 atom stereocenters. The Morgan fingerprint density at radius 3 is 2.82 bits per heavy atom. The van der Waals surface area contributed by atoms with Crippen LogP contribution in [0.4, 0.5) is 0 Å². The Kier molecular flexibility index (Phi) is 2.68. The highest BCUT2D eigenvalue weighted by atomic mass is 16.3. The van der Waals surface area contributed by atoms with Crippen molar-refractivity contribution < 1.29 is 4.42 Å². The zero-order chi connectivity index (χ0) is 8.27. The molecule has 0 aliphatic rings. The van der Waals surface area contributed by atoms with Gasteiger partial charge in [-0.25, -0.2) is 0 Å². The molecule has 1 aromatic rings. The van der Waals surface area contributed by atoms with E-state index in [2.05, 4.69) is 0 Å². The number of nitrogens with zero attached hydrogens (tertiary/aromatic N) is 1. The standard InChI is InChI=1S/C8H14N2O/c1-10(2)6-7(9)8-4-3-5-11-8/h3-5,7H,6,9H2,1-2H3/t7-/m0/s1. The Balaban J connectivity index is 2.49. The molecule has 0 aliphatic carbocycles. The fraction of sp³-hybridized carbons (Fsp3) is 0.500. The van der Waals surface area contributed by atoms with Gasteiger partial charge in [-0.2, -0.15) is 0 Å². The molecule has 3 heteroatoms. The highest BCUT2D eigenvalue weighted by Gasteiger charge is 2.08. The van der Waals surface area contributed by atoms with Gasteiger partial charge in [-0.05, 0) is 26.2 Å². The van der Waals surface area contributed by atoms with Crippen molar-refractivity contribution in [2.75, 3.05) is 20.6 Å². The normalized spacial score (nSPS) is 13.8. The summed E-state index contributed by atoms with van der Waals surface area (Å²) >= 11 is 0. The first-order valence-electron chi connectivity index (χ1n) is 3.64. The Bertz CT molecular complexity index is 194. The van der Waals surface area contributed by atoms with Crippen molar-refractivity contribution in [2.24, 2.45) is 5.73 Å². The summed E-state index contributed by atoms with van der Waals surface area (Å²) in [6.45, 7) is 0.813. The maximum absolute atomic E-state index is 5.80. The first kappa shape index (κ1) is 8.30. The summed E-state index contributed by atoms with van der Waals surface area (Å²) < 4.78 is 5.14. The number of nitrogens with two attached hydrogens (primary N) is 1. The largest absolute Gasteiger partial charge is 0.468 e. The van der Waals surface area contributed by atoms with Crippen LogP contribution in [0.5, 0.6) is 0 Å². The molecular formula is C8H14N2O. The summed E-state index contributed by atoms with van der Waals surface area (Å²) in [4.78, 5) is 2.03. The molecule has 3 nitrogen and oxygen atoms in total. The van der Waals surface area contributed by atoms with Gasteiger partial charge in [0, 0.05) is 6.54 Å². The number of hydrogen-bond donors (Lipinski definition) is 1. The second-order valence-corrected chi connectivity index (χ2v) is 2.88. The molecule has 0 saturated carbocycles. The lowest BCUT2D eigenvalue weighted by atomic mass is 10.2. The average molecular weight is 154 g/mol. The van der Waals surface area contributed by atoms with Gasteiger partial charge in [0.25, 0.3) is 0 Å². The van der Waals surface area contributed by atoms with Crippen molar-refractivity contribution in [3.05, 3.63) is 24.2 Å². The molecule has 0 aromatic carbocycles. The molecule has 0 saturated heterocycles. The summed E-state index contributed by atoms with van der Waals surface area (Å²) in [6.07, 6.45) is 1.64. The van der Waals surface area contributed by atoms with Gasteiger partial charge in [0.05, 0.1) is 12.3 Å². The van der Waals surface area contributed by atoms with E-state index in [4.69, 9.17) is 10.2 Å². The molecule has 1 aromatic heterocycles. The van der Waals surface area contributed by atoms with E-state index in [-0.39, 0.29) is 6.04 Å². The van der Waals surface area contributed by atoms with Crippen molar-refractivity contribution in [3.63, 3.8) is 0 Å². The number of hydrogen-bond acceptors (Lipinski definition) is 3. The van der Waals surface area contributed by atoms with Gasteiger partial charge in [0.2, 0.25) is 0 Å². The number of rotatable bonds is 3. The monoisotopic (exact) mass is 154 g/mol. The van der Waals surface area contributed by atoms with Crippen molar-refractivity contribution in [2.45, 2.75) is 6.04 Å². The predicted molar refractivity (Wildman–Crippen MR) is 44.2 cm³/mol. The van der Waals surface area contributed by atoms with E-state index in [1.54, 1.807) is 6.26 Å². The quantitative estimate of drug-likeness (QED) is 0.701. The topological polar surface area (TPSA) is 42.4 Å². The van der Waals surface area contributed by atoms with Crippen LogP contribution in [0.1, 0.15) is 11.8 Å². The average Bonchev–Trinajstić information content (AvgIpc) is 2.35. The third-order valence-electron chi connectivity index (χ3n) is 1.47. The Morgan fingerprint density at radius 2 is 2.36 bits per heavy atom. The van der Waals surface area contributed by atoms with Gasteiger partial charge in [-0.15, -0.1) is 0 Å². The second-order valence-electron chi connectivity index (χ2n) is 2.88. The van der Waals surface area contributed by atoms with Crippen LogP contribution in [0.25, 0.3) is 0 Å². The third kappa shape index (κ3) is 2.37. The van der Waals surface area contributed by atoms with Crippen molar-refractivity contribution in [3.8, 4) is 0 Å². The van der Waals surface area contributed by atoms with Crippen LogP contribution in [0.3, 0.4) is 0 Å². The van der Waals surface area contributed by atoms with Crippen LogP contribution in [0, 0.1) is 0 Å². The van der Waals surface area contributed by atoms with Crippen LogP contribution in [0.15, 0.2) is 22.8 Å². The summed E-state index contributed by atoms with van der Waals surface area (Å²) in [7, 11) is 3.98. The van der Waals surface area contributed by atoms with Crippen LogP contribution in [0.2, 0.25) is 0 Å². The predicted octanol–water partition coefficient (Wildman–Crippen LogP) is 0.841. The Labute approximate surface area is 66.8 Å². The van der Waals surface area contributed by atoms with E-state index < -0.39 is 0 Å². The van der Waals surface area contributed by atoms with Crippen LogP contribution < -0.4 is 5.73 Å². The van der Waals surface area contributed by atoms with Crippen LogP contribution in [-0.4, -0.2) is 25.5 Å². The fourth-order valence-corrected chi connectivity index (χ4v) is 0.986. The molecule has 1 rings (SSSR count). The lowest BCUT2D eigenvalue weighted by Crippen LogP contribution is -2.25. The van der Waals surface area contributed by atoms with Crippen molar-refractivity contribution >= 4 is 0 Å². The summed E-state index contributed by atoms with van der Waals surface area (Å²) in [5, 5.41) is 0. The molecule has 0 amide bonds. The second kappa shape index (κ2) is 3.55. The lowest BCUT2D eigenvalue weighted by Gasteiger charge is -2.14. The van der Waals surface area contributed by atoms with Gasteiger partial charge in [-0.1, -0.05) is 0 Å². The Morgan fingerprint density at radius 1 is 1.64 bits per heavy atom. The van der Waals surface area contributed by atoms with Crippen molar-refractivity contribution in [1.82, 2.24) is 4.90 Å². The number of likely N-dealkylation sites (N-methyl/N-ethyl adjacent to an activating group) is 1. The summed E-state index contributed by atoms with van der Waals surface area (Å²) in [6, 6.07) is 3.74. The maximum atomic E-state index is 5.80. The molecule has 0 spiro atoms. The summed E-state index contributed by atoms with van der Waals surface area (Å²) in [5.74, 6) is 0.846. The first-order valence-corrected chi connectivity index (χ1v) is 3.64. The maximum Gasteiger partial charge on any atom is 0.121 e. The highest BCUT2D eigenvalue weighted by Crippen LogP contribution is 2.10. The van der Waals surface area contributed by atoms with E-state index in [0.29, 0.717) is 0 Å². The summed E-state index contributed by atoms with van der Waals surface area (Å²) in [5.41, 5.74) is 5.80. The van der Waals surface area contributed by atoms with Gasteiger partial charge >= 0.3 is 0 Å². The molecule has 1 heterocycles. The zero-order valence-electron chi connectivity index (χ0n) is 6.95. The van der Waals surface area contributed by atoms with Crippen molar-refractivity contribution in [1.29, 1.82) is 0 Å². The molecule has 0 unspecified atom stereocenters. The first-order chi connectivity index (χ1) is 5.20. The Hall–Kier alpha value is -0.800. The third-order valence-corrected chi connectivity index (χ3v) is 1.47. The minimum Gasteiger partial charge on any atom is -0.468 e. The van der Waals surface area contributed by atoms with E-state index >= 15 is 0 Å². The smallest absolute Gasteiger partial charge is 0.121 e.